The number of rotatable bonds is 5. The van der Waals surface area contributed by atoms with Crippen LogP contribution in [0.25, 0.3) is 11.4 Å². The fraction of sp³-hybridized carbons (Fsp3) is 0.231. The molecule has 2 aromatic rings. The smallest absolute Gasteiger partial charge is 0.413 e. The molecule has 8 nitrogen and oxygen atoms in total. The van der Waals surface area contributed by atoms with Crippen LogP contribution in [0.4, 0.5) is 9.18 Å². The number of benzene rings is 1. The molecule has 0 fully saturated rings. The predicted molar refractivity (Wildman–Crippen MR) is 81.5 cm³/mol. The predicted octanol–water partition coefficient (Wildman–Crippen LogP) is 1.16. The second-order valence-electron chi connectivity index (χ2n) is 4.21. The minimum atomic E-state index is -0.820. The van der Waals surface area contributed by atoms with Crippen LogP contribution in [0.1, 0.15) is 6.92 Å². The van der Waals surface area contributed by atoms with Gasteiger partial charge in [0.15, 0.2) is 5.82 Å². The highest BCUT2D eigenvalue weighted by molar-refractivity contribution is 7.99. The first-order valence-electron chi connectivity index (χ1n) is 6.57. The molecule has 0 spiro atoms. The van der Waals surface area contributed by atoms with Crippen LogP contribution in [-0.2, 0) is 9.53 Å². The number of nitrogens with zero attached hydrogens (tertiary/aromatic N) is 3. The molecule has 0 atom stereocenters. The lowest BCUT2D eigenvalue weighted by atomic mass is 10.2. The number of carbonyl (C=O) groups excluding carboxylic acids is 2. The lowest BCUT2D eigenvalue weighted by molar-refractivity contribution is -0.117. The maximum Gasteiger partial charge on any atom is 0.413 e. The number of alkyl carbamates (subject to hydrolysis) is 1. The van der Waals surface area contributed by atoms with Gasteiger partial charge in [-0.25, -0.2) is 13.9 Å². The SMILES string of the molecule is CCOC(=O)NC(=O)CSc1nnc(-c2ccccc2F)n1N. The number of nitrogens with one attached hydrogen (secondary N) is 1. The lowest BCUT2D eigenvalue weighted by Gasteiger charge is -2.05. The zero-order chi connectivity index (χ0) is 16.8. The lowest BCUT2D eigenvalue weighted by Crippen LogP contribution is -2.32. The molecule has 1 aromatic carbocycles. The maximum atomic E-state index is 13.7. The fourth-order valence-electron chi connectivity index (χ4n) is 1.65. The second-order valence-corrected chi connectivity index (χ2v) is 5.16. The number of imide groups is 1. The molecular weight excluding hydrogens is 325 g/mol. The highest BCUT2D eigenvalue weighted by atomic mass is 32.2. The molecule has 0 aliphatic rings. The second kappa shape index (κ2) is 7.58. The number of ether oxygens (including phenoxy) is 1. The third kappa shape index (κ3) is 4.19. The molecular formula is C13H14FN5O3S. The number of aromatic nitrogens is 3. The molecule has 0 unspecified atom stereocenters. The topological polar surface area (TPSA) is 112 Å². The monoisotopic (exact) mass is 339 g/mol. The van der Waals surface area contributed by atoms with Crippen molar-refractivity contribution < 1.29 is 18.7 Å². The summed E-state index contributed by atoms with van der Waals surface area (Å²) in [5, 5.41) is 9.88. The Morgan fingerprint density at radius 3 is 2.83 bits per heavy atom. The van der Waals surface area contributed by atoms with E-state index in [1.807, 2.05) is 5.32 Å². The van der Waals surface area contributed by atoms with Crippen molar-refractivity contribution in [3.8, 4) is 11.4 Å². The van der Waals surface area contributed by atoms with Crippen LogP contribution < -0.4 is 11.2 Å². The van der Waals surface area contributed by atoms with E-state index in [-0.39, 0.29) is 28.9 Å². The van der Waals surface area contributed by atoms with E-state index < -0.39 is 17.8 Å². The zero-order valence-electron chi connectivity index (χ0n) is 12.2. The van der Waals surface area contributed by atoms with E-state index in [2.05, 4.69) is 14.9 Å². The third-order valence-electron chi connectivity index (χ3n) is 2.63. The summed E-state index contributed by atoms with van der Waals surface area (Å²) in [6.45, 7) is 1.79. The van der Waals surface area contributed by atoms with Gasteiger partial charge in [-0.1, -0.05) is 23.9 Å². The van der Waals surface area contributed by atoms with E-state index in [0.29, 0.717) is 0 Å². The normalized spacial score (nSPS) is 10.3. The zero-order valence-corrected chi connectivity index (χ0v) is 13.0. The molecule has 1 aromatic heterocycles. The van der Waals surface area contributed by atoms with Crippen LogP contribution in [-0.4, -0.2) is 39.2 Å². The molecule has 0 aliphatic heterocycles. The molecule has 0 saturated heterocycles. The Bertz CT molecular complexity index is 721. The van der Waals surface area contributed by atoms with Crippen LogP contribution in [0, 0.1) is 5.82 Å². The Morgan fingerprint density at radius 1 is 1.39 bits per heavy atom. The summed E-state index contributed by atoms with van der Waals surface area (Å²) in [6, 6.07) is 5.99. The van der Waals surface area contributed by atoms with Crippen molar-refractivity contribution in [1.82, 2.24) is 20.2 Å². The third-order valence-corrected chi connectivity index (χ3v) is 3.57. The maximum absolute atomic E-state index is 13.7. The quantitative estimate of drug-likeness (QED) is 0.621. The number of amides is 2. The number of halogens is 1. The Hall–Kier alpha value is -2.62. The summed E-state index contributed by atoms with van der Waals surface area (Å²) in [6.07, 6.45) is -0.820. The highest BCUT2D eigenvalue weighted by Gasteiger charge is 2.17. The molecule has 2 amide bonds. The average Bonchev–Trinajstić information content (AvgIpc) is 2.87. The number of nitrogen functional groups attached to an aromatic ring is 1. The van der Waals surface area contributed by atoms with Crippen molar-refractivity contribution in [2.75, 3.05) is 18.2 Å². The average molecular weight is 339 g/mol. The molecule has 0 bridgehead atoms. The van der Waals surface area contributed by atoms with Crippen molar-refractivity contribution in [3.63, 3.8) is 0 Å². The number of hydrogen-bond donors (Lipinski definition) is 2. The Balaban J connectivity index is 2.02. The Morgan fingerprint density at radius 2 is 2.13 bits per heavy atom. The van der Waals surface area contributed by atoms with Crippen molar-refractivity contribution in [2.45, 2.75) is 12.1 Å². The number of hydrogen-bond acceptors (Lipinski definition) is 7. The van der Waals surface area contributed by atoms with E-state index in [9.17, 15) is 14.0 Å². The molecule has 122 valence electrons. The summed E-state index contributed by atoms with van der Waals surface area (Å²) in [5.74, 6) is 4.79. The molecule has 0 saturated carbocycles. The van der Waals surface area contributed by atoms with Crippen molar-refractivity contribution >= 4 is 23.8 Å². The molecule has 0 aliphatic carbocycles. The van der Waals surface area contributed by atoms with Gasteiger partial charge in [0.2, 0.25) is 11.1 Å². The Labute approximate surface area is 135 Å². The summed E-state index contributed by atoms with van der Waals surface area (Å²) >= 11 is 0.959. The van der Waals surface area contributed by atoms with Crippen molar-refractivity contribution in [3.05, 3.63) is 30.1 Å². The minimum absolute atomic E-state index is 0.120. The summed E-state index contributed by atoms with van der Waals surface area (Å²) < 4.78 is 19.4. The molecule has 0 radical (unpaired) electrons. The van der Waals surface area contributed by atoms with Gasteiger partial charge < -0.3 is 10.6 Å². The summed E-state index contributed by atoms with van der Waals surface area (Å²) in [4.78, 5) is 22.6. The summed E-state index contributed by atoms with van der Waals surface area (Å²) in [5.41, 5.74) is 0.199. The minimum Gasteiger partial charge on any atom is -0.450 e. The number of thioether (sulfide) groups is 1. The largest absolute Gasteiger partial charge is 0.450 e. The number of carbonyl (C=O) groups is 2. The van der Waals surface area contributed by atoms with Gasteiger partial charge in [-0.2, -0.15) is 0 Å². The van der Waals surface area contributed by atoms with Gasteiger partial charge >= 0.3 is 6.09 Å². The molecule has 3 N–H and O–H groups in total. The van der Waals surface area contributed by atoms with Gasteiger partial charge in [0.1, 0.15) is 5.82 Å². The van der Waals surface area contributed by atoms with Crippen molar-refractivity contribution in [2.24, 2.45) is 0 Å². The van der Waals surface area contributed by atoms with Gasteiger partial charge in [-0.3, -0.25) is 10.1 Å². The van der Waals surface area contributed by atoms with E-state index in [1.54, 1.807) is 19.1 Å². The highest BCUT2D eigenvalue weighted by Crippen LogP contribution is 2.23. The Kier molecular flexibility index (Phi) is 5.52. The van der Waals surface area contributed by atoms with E-state index in [1.165, 1.54) is 12.1 Å². The van der Waals surface area contributed by atoms with Crippen LogP contribution in [0.15, 0.2) is 29.4 Å². The molecule has 2 rings (SSSR count). The first-order chi connectivity index (χ1) is 11.0. The van der Waals surface area contributed by atoms with Crippen molar-refractivity contribution in [1.29, 1.82) is 0 Å². The van der Waals surface area contributed by atoms with E-state index >= 15 is 0 Å². The van der Waals surface area contributed by atoms with E-state index in [4.69, 9.17) is 5.84 Å². The first kappa shape index (κ1) is 16.7. The standard InChI is InChI=1S/C13H14FN5O3S/c1-2-22-13(21)16-10(20)7-23-12-18-17-11(19(12)15)8-5-3-4-6-9(8)14/h3-6H,2,7,15H2,1H3,(H,16,20,21). The van der Waals surface area contributed by atoms with Crippen LogP contribution in [0.2, 0.25) is 0 Å². The van der Waals surface area contributed by atoms with Gasteiger partial charge in [-0.05, 0) is 19.1 Å². The van der Waals surface area contributed by atoms with E-state index in [0.717, 1.165) is 16.4 Å². The fourth-order valence-corrected chi connectivity index (χ4v) is 2.31. The van der Waals surface area contributed by atoms with Crippen LogP contribution in [0.5, 0.6) is 0 Å². The van der Waals surface area contributed by atoms with Crippen LogP contribution >= 0.6 is 11.8 Å². The molecule has 10 heteroatoms. The number of nitrogens with two attached hydrogens (primary N) is 1. The van der Waals surface area contributed by atoms with Crippen LogP contribution in [0.3, 0.4) is 0 Å². The first-order valence-corrected chi connectivity index (χ1v) is 7.56. The van der Waals surface area contributed by atoms with Gasteiger partial charge in [-0.15, -0.1) is 10.2 Å². The summed E-state index contributed by atoms with van der Waals surface area (Å²) in [7, 11) is 0. The van der Waals surface area contributed by atoms with Gasteiger partial charge in [0, 0.05) is 0 Å². The van der Waals surface area contributed by atoms with Gasteiger partial charge in [0.05, 0.1) is 17.9 Å². The molecule has 1 heterocycles. The molecule has 23 heavy (non-hydrogen) atoms. The van der Waals surface area contributed by atoms with Gasteiger partial charge in [0.25, 0.3) is 0 Å².